The molecule has 0 aliphatic rings. The predicted octanol–water partition coefficient (Wildman–Crippen LogP) is 5.58. The number of benzene rings is 3. The third-order valence-electron chi connectivity index (χ3n) is 4.46. The molecule has 0 bridgehead atoms. The fourth-order valence-corrected chi connectivity index (χ4v) is 4.86. The van der Waals surface area contributed by atoms with Gasteiger partial charge in [0.2, 0.25) is 0 Å². The summed E-state index contributed by atoms with van der Waals surface area (Å²) in [5, 5.41) is -0.306. The van der Waals surface area contributed by atoms with Crippen molar-refractivity contribution >= 4 is 27.3 Å². The van der Waals surface area contributed by atoms with E-state index in [0.29, 0.717) is 11.3 Å². The van der Waals surface area contributed by atoms with Gasteiger partial charge in [0.1, 0.15) is 17.4 Å². The molecule has 0 N–H and O–H groups in total. The molecule has 0 fully saturated rings. The van der Waals surface area contributed by atoms with Crippen LogP contribution in [0.15, 0.2) is 71.6 Å². The summed E-state index contributed by atoms with van der Waals surface area (Å²) in [5.74, 6) is -0.652. The van der Waals surface area contributed by atoms with Gasteiger partial charge in [0.05, 0.1) is 28.8 Å². The minimum atomic E-state index is -4.15. The molecule has 0 spiro atoms. The Morgan fingerprint density at radius 3 is 2.31 bits per heavy atom. The summed E-state index contributed by atoms with van der Waals surface area (Å²) in [7, 11) is -2.64. The summed E-state index contributed by atoms with van der Waals surface area (Å²) < 4.78 is 60.3. The van der Waals surface area contributed by atoms with Crippen LogP contribution in [-0.4, -0.2) is 15.5 Å². The number of anilines is 1. The van der Waals surface area contributed by atoms with Crippen LogP contribution in [0.2, 0.25) is 5.02 Å². The van der Waals surface area contributed by atoms with Crippen molar-refractivity contribution in [2.45, 2.75) is 17.9 Å². The molecule has 0 aliphatic carbocycles. The average molecular weight is 438 g/mol. The van der Waals surface area contributed by atoms with Gasteiger partial charge in [-0.15, -0.1) is 0 Å². The van der Waals surface area contributed by atoms with Gasteiger partial charge in [-0.3, -0.25) is 4.31 Å². The number of rotatable bonds is 6. The molecule has 0 radical (unpaired) electrons. The van der Waals surface area contributed by atoms with Crippen LogP contribution in [0.3, 0.4) is 0 Å². The summed E-state index contributed by atoms with van der Waals surface area (Å²) in [6.07, 6.45) is 0. The van der Waals surface area contributed by atoms with E-state index >= 15 is 0 Å². The van der Waals surface area contributed by atoms with Crippen molar-refractivity contribution in [2.75, 3.05) is 11.4 Å². The van der Waals surface area contributed by atoms with Crippen molar-refractivity contribution in [3.63, 3.8) is 0 Å². The Bertz CT molecular complexity index is 1120. The van der Waals surface area contributed by atoms with Gasteiger partial charge in [-0.2, -0.15) is 0 Å². The van der Waals surface area contributed by atoms with E-state index in [9.17, 15) is 17.2 Å². The molecule has 0 amide bonds. The maximum absolute atomic E-state index is 13.6. The Kier molecular flexibility index (Phi) is 6.10. The van der Waals surface area contributed by atoms with Gasteiger partial charge in [-0.25, -0.2) is 17.2 Å². The van der Waals surface area contributed by atoms with Crippen molar-refractivity contribution in [1.82, 2.24) is 0 Å². The lowest BCUT2D eigenvalue weighted by atomic mass is 10.1. The maximum atomic E-state index is 13.6. The first-order valence-corrected chi connectivity index (χ1v) is 10.4. The first-order valence-electron chi connectivity index (χ1n) is 8.63. The second kappa shape index (κ2) is 8.39. The van der Waals surface area contributed by atoms with Gasteiger partial charge >= 0.3 is 0 Å². The first-order chi connectivity index (χ1) is 13.7. The van der Waals surface area contributed by atoms with E-state index in [1.165, 1.54) is 31.4 Å². The number of halogens is 3. The maximum Gasteiger partial charge on any atom is 0.264 e. The minimum Gasteiger partial charge on any atom is -0.497 e. The Hall–Kier alpha value is -2.64. The highest BCUT2D eigenvalue weighted by molar-refractivity contribution is 7.92. The van der Waals surface area contributed by atoms with Gasteiger partial charge in [0.15, 0.2) is 0 Å². The molecule has 0 saturated carbocycles. The van der Waals surface area contributed by atoms with Crippen LogP contribution in [0.25, 0.3) is 0 Å². The highest BCUT2D eigenvalue weighted by Gasteiger charge is 2.31. The topological polar surface area (TPSA) is 46.6 Å². The SMILES string of the molecule is COc1cccc([C@@H](C)N(c2ccc(F)cc2)S(=O)(=O)c2ccc(F)c(Cl)c2)c1. The molecule has 152 valence electrons. The van der Waals surface area contributed by atoms with Crippen molar-refractivity contribution in [2.24, 2.45) is 0 Å². The van der Waals surface area contributed by atoms with E-state index in [1.54, 1.807) is 31.2 Å². The summed E-state index contributed by atoms with van der Waals surface area (Å²) >= 11 is 5.80. The highest BCUT2D eigenvalue weighted by Crippen LogP contribution is 2.35. The lowest BCUT2D eigenvalue weighted by Crippen LogP contribution is -2.33. The van der Waals surface area contributed by atoms with E-state index in [0.717, 1.165) is 22.5 Å². The lowest BCUT2D eigenvalue weighted by Gasteiger charge is -2.31. The quantitative estimate of drug-likeness (QED) is 0.505. The Balaban J connectivity index is 2.16. The molecule has 0 heterocycles. The number of ether oxygens (including phenoxy) is 1. The fraction of sp³-hybridized carbons (Fsp3) is 0.143. The minimum absolute atomic E-state index is 0.178. The highest BCUT2D eigenvalue weighted by atomic mass is 35.5. The summed E-state index contributed by atoms with van der Waals surface area (Å²) in [6.45, 7) is 1.70. The average Bonchev–Trinajstić information content (AvgIpc) is 2.71. The first kappa shape index (κ1) is 21.1. The molecule has 3 rings (SSSR count). The van der Waals surface area contributed by atoms with Crippen LogP contribution in [0.5, 0.6) is 5.75 Å². The number of sulfonamides is 1. The van der Waals surface area contributed by atoms with E-state index in [2.05, 4.69) is 0 Å². The van der Waals surface area contributed by atoms with Gasteiger partial charge in [0.25, 0.3) is 10.0 Å². The largest absolute Gasteiger partial charge is 0.497 e. The second-order valence-electron chi connectivity index (χ2n) is 6.31. The van der Waals surface area contributed by atoms with E-state index in [4.69, 9.17) is 16.3 Å². The summed E-state index contributed by atoms with van der Waals surface area (Å²) in [5.41, 5.74) is 0.910. The van der Waals surface area contributed by atoms with Crippen LogP contribution in [0, 0.1) is 11.6 Å². The Morgan fingerprint density at radius 1 is 1.00 bits per heavy atom. The Morgan fingerprint density at radius 2 is 1.69 bits per heavy atom. The molecule has 0 unspecified atom stereocenters. The van der Waals surface area contributed by atoms with Gasteiger partial charge in [-0.05, 0) is 67.1 Å². The molecule has 8 heteroatoms. The normalized spacial score (nSPS) is 12.4. The molecule has 3 aromatic rings. The summed E-state index contributed by atoms with van der Waals surface area (Å²) in [4.78, 5) is -0.178. The Labute approximate surface area is 173 Å². The number of hydrogen-bond donors (Lipinski definition) is 0. The van der Waals surface area contributed by atoms with Gasteiger partial charge in [-0.1, -0.05) is 23.7 Å². The zero-order valence-electron chi connectivity index (χ0n) is 15.6. The van der Waals surface area contributed by atoms with Crippen LogP contribution in [0.4, 0.5) is 14.5 Å². The molecule has 1 atom stereocenters. The van der Waals surface area contributed by atoms with E-state index in [-0.39, 0.29) is 15.6 Å². The van der Waals surface area contributed by atoms with Gasteiger partial charge < -0.3 is 4.74 Å². The van der Waals surface area contributed by atoms with Crippen molar-refractivity contribution in [3.8, 4) is 5.75 Å². The van der Waals surface area contributed by atoms with Crippen LogP contribution in [0.1, 0.15) is 18.5 Å². The van der Waals surface area contributed by atoms with E-state index in [1.807, 2.05) is 0 Å². The standard InChI is InChI=1S/C21H18ClF2NO3S/c1-14(15-4-3-5-18(12-15)28-2)25(17-8-6-16(23)7-9-17)29(26,27)19-10-11-21(24)20(22)13-19/h3-14H,1-2H3/t14-/m1/s1. The smallest absolute Gasteiger partial charge is 0.264 e. The lowest BCUT2D eigenvalue weighted by molar-refractivity contribution is 0.414. The fourth-order valence-electron chi connectivity index (χ4n) is 2.95. The summed E-state index contributed by atoms with van der Waals surface area (Å²) in [6, 6.07) is 14.6. The molecule has 0 aliphatic heterocycles. The molecule has 29 heavy (non-hydrogen) atoms. The van der Waals surface area contributed by atoms with Crippen LogP contribution in [-0.2, 0) is 10.0 Å². The second-order valence-corrected chi connectivity index (χ2v) is 8.53. The van der Waals surface area contributed by atoms with Crippen molar-refractivity contribution in [1.29, 1.82) is 0 Å². The molecular formula is C21H18ClF2NO3S. The van der Waals surface area contributed by atoms with Crippen LogP contribution < -0.4 is 9.04 Å². The number of hydrogen-bond acceptors (Lipinski definition) is 3. The third-order valence-corrected chi connectivity index (χ3v) is 6.64. The molecular weight excluding hydrogens is 420 g/mol. The predicted molar refractivity (Wildman–Crippen MR) is 109 cm³/mol. The zero-order valence-corrected chi connectivity index (χ0v) is 17.2. The zero-order chi connectivity index (χ0) is 21.2. The number of methoxy groups -OCH3 is 1. The third kappa shape index (κ3) is 4.36. The molecule has 3 aromatic carbocycles. The molecule has 4 nitrogen and oxygen atoms in total. The number of nitrogens with zero attached hydrogens (tertiary/aromatic N) is 1. The van der Waals surface area contributed by atoms with Crippen LogP contribution >= 0.6 is 11.6 Å². The molecule has 0 aromatic heterocycles. The van der Waals surface area contributed by atoms with Crippen molar-refractivity contribution < 1.29 is 21.9 Å². The monoisotopic (exact) mass is 437 g/mol. The van der Waals surface area contributed by atoms with Gasteiger partial charge in [0, 0.05) is 0 Å². The van der Waals surface area contributed by atoms with E-state index < -0.39 is 27.7 Å². The van der Waals surface area contributed by atoms with Crippen molar-refractivity contribution in [3.05, 3.63) is 89.0 Å². The molecule has 0 saturated heterocycles.